The van der Waals surface area contributed by atoms with Gasteiger partial charge in [-0.05, 0) is 37.9 Å². The van der Waals surface area contributed by atoms with Crippen molar-refractivity contribution in [1.82, 2.24) is 0 Å². The van der Waals surface area contributed by atoms with E-state index in [-0.39, 0.29) is 11.7 Å². The van der Waals surface area contributed by atoms with Crippen LogP contribution in [0.15, 0.2) is 18.2 Å². The standard InChI is InChI=1S/C14H17FN2O/c15-12-5-3-7-14(11(12)9-17)18-13-6-2-1-4-10(13)8-16/h3,5,7,10,13H,1-2,4,6,8,16H2. The highest BCUT2D eigenvalue weighted by Crippen LogP contribution is 2.30. The maximum absolute atomic E-state index is 13.5. The summed E-state index contributed by atoms with van der Waals surface area (Å²) < 4.78 is 19.3. The molecule has 96 valence electrons. The molecule has 1 saturated carbocycles. The number of hydrogen-bond donors (Lipinski definition) is 1. The van der Waals surface area contributed by atoms with Crippen molar-refractivity contribution in [3.63, 3.8) is 0 Å². The van der Waals surface area contributed by atoms with Crippen molar-refractivity contribution in [2.24, 2.45) is 11.7 Å². The molecule has 0 spiro atoms. The van der Waals surface area contributed by atoms with E-state index in [9.17, 15) is 4.39 Å². The second-order valence-corrected chi connectivity index (χ2v) is 4.66. The first-order valence-electron chi connectivity index (χ1n) is 6.31. The van der Waals surface area contributed by atoms with E-state index in [4.69, 9.17) is 15.7 Å². The number of halogens is 1. The van der Waals surface area contributed by atoms with Crippen molar-refractivity contribution in [2.75, 3.05) is 6.54 Å². The largest absolute Gasteiger partial charge is 0.489 e. The summed E-state index contributed by atoms with van der Waals surface area (Å²) in [4.78, 5) is 0. The van der Waals surface area contributed by atoms with Crippen molar-refractivity contribution in [3.05, 3.63) is 29.6 Å². The van der Waals surface area contributed by atoms with Crippen LogP contribution in [0.1, 0.15) is 31.2 Å². The molecule has 0 radical (unpaired) electrons. The summed E-state index contributed by atoms with van der Waals surface area (Å²) >= 11 is 0. The summed E-state index contributed by atoms with van der Waals surface area (Å²) in [6, 6.07) is 6.33. The second kappa shape index (κ2) is 5.83. The van der Waals surface area contributed by atoms with Crippen LogP contribution in [0.2, 0.25) is 0 Å². The highest BCUT2D eigenvalue weighted by atomic mass is 19.1. The molecule has 0 heterocycles. The van der Waals surface area contributed by atoms with Gasteiger partial charge in [0.2, 0.25) is 0 Å². The Morgan fingerprint density at radius 3 is 2.89 bits per heavy atom. The summed E-state index contributed by atoms with van der Waals surface area (Å²) in [5, 5.41) is 8.96. The van der Waals surface area contributed by atoms with Crippen LogP contribution >= 0.6 is 0 Å². The molecule has 4 heteroatoms. The van der Waals surface area contributed by atoms with Crippen LogP contribution in [0.25, 0.3) is 0 Å². The number of ether oxygens (including phenoxy) is 1. The SMILES string of the molecule is N#Cc1c(F)cccc1OC1CCCCC1CN. The van der Waals surface area contributed by atoms with Crippen molar-refractivity contribution < 1.29 is 9.13 Å². The van der Waals surface area contributed by atoms with Gasteiger partial charge in [0.05, 0.1) is 0 Å². The van der Waals surface area contributed by atoms with Crippen LogP contribution in [0.5, 0.6) is 5.75 Å². The van der Waals surface area contributed by atoms with Crippen molar-refractivity contribution in [3.8, 4) is 11.8 Å². The molecule has 1 aromatic rings. The molecule has 0 saturated heterocycles. The molecule has 1 aliphatic rings. The predicted molar refractivity (Wildman–Crippen MR) is 66.5 cm³/mol. The Morgan fingerprint density at radius 1 is 1.39 bits per heavy atom. The molecule has 0 bridgehead atoms. The first-order chi connectivity index (χ1) is 8.76. The minimum Gasteiger partial charge on any atom is -0.489 e. The van der Waals surface area contributed by atoms with Crippen LogP contribution in [-0.4, -0.2) is 12.6 Å². The molecular weight excluding hydrogens is 231 g/mol. The Morgan fingerprint density at radius 2 is 2.17 bits per heavy atom. The number of rotatable bonds is 3. The van der Waals surface area contributed by atoms with Crippen LogP contribution in [0, 0.1) is 23.1 Å². The Hall–Kier alpha value is -1.60. The maximum atomic E-state index is 13.5. The third-order valence-electron chi connectivity index (χ3n) is 3.51. The van der Waals surface area contributed by atoms with E-state index in [0.717, 1.165) is 25.7 Å². The number of nitriles is 1. The zero-order valence-electron chi connectivity index (χ0n) is 10.2. The van der Waals surface area contributed by atoms with Gasteiger partial charge in [-0.2, -0.15) is 5.26 Å². The van der Waals surface area contributed by atoms with E-state index in [1.165, 1.54) is 6.07 Å². The first kappa shape index (κ1) is 12.8. The van der Waals surface area contributed by atoms with Gasteiger partial charge in [0.15, 0.2) is 0 Å². The molecule has 0 aliphatic heterocycles. The highest BCUT2D eigenvalue weighted by molar-refractivity contribution is 5.43. The lowest BCUT2D eigenvalue weighted by atomic mass is 9.86. The van der Waals surface area contributed by atoms with Crippen LogP contribution < -0.4 is 10.5 Å². The van der Waals surface area contributed by atoms with Crippen molar-refractivity contribution >= 4 is 0 Å². The van der Waals surface area contributed by atoms with Crippen LogP contribution in [0.3, 0.4) is 0 Å². The minimum atomic E-state index is -0.532. The zero-order valence-corrected chi connectivity index (χ0v) is 10.2. The average Bonchev–Trinajstić information content (AvgIpc) is 2.40. The van der Waals surface area contributed by atoms with E-state index in [1.54, 1.807) is 12.1 Å². The lowest BCUT2D eigenvalue weighted by molar-refractivity contribution is 0.0963. The van der Waals surface area contributed by atoms with Gasteiger partial charge >= 0.3 is 0 Å². The summed E-state index contributed by atoms with van der Waals surface area (Å²) in [5.41, 5.74) is 5.71. The number of nitrogens with two attached hydrogens (primary N) is 1. The van der Waals surface area contributed by atoms with E-state index in [2.05, 4.69) is 0 Å². The van der Waals surface area contributed by atoms with Gasteiger partial charge in [0, 0.05) is 5.92 Å². The third kappa shape index (κ3) is 2.62. The predicted octanol–water partition coefficient (Wildman–Crippen LogP) is 2.59. The summed E-state index contributed by atoms with van der Waals surface area (Å²) in [6.45, 7) is 0.571. The van der Waals surface area contributed by atoms with Crippen molar-refractivity contribution in [2.45, 2.75) is 31.8 Å². The monoisotopic (exact) mass is 248 g/mol. The Bertz CT molecular complexity index is 456. The van der Waals surface area contributed by atoms with E-state index in [1.807, 2.05) is 6.07 Å². The third-order valence-corrected chi connectivity index (χ3v) is 3.51. The first-order valence-corrected chi connectivity index (χ1v) is 6.31. The van der Waals surface area contributed by atoms with Gasteiger partial charge in [-0.1, -0.05) is 12.5 Å². The van der Waals surface area contributed by atoms with Gasteiger partial charge < -0.3 is 10.5 Å². The molecule has 3 nitrogen and oxygen atoms in total. The molecule has 1 fully saturated rings. The lowest BCUT2D eigenvalue weighted by Gasteiger charge is -2.31. The fraction of sp³-hybridized carbons (Fsp3) is 0.500. The van der Waals surface area contributed by atoms with Gasteiger partial charge in [-0.3, -0.25) is 0 Å². The van der Waals surface area contributed by atoms with E-state index in [0.29, 0.717) is 18.2 Å². The molecular formula is C14H17FN2O. The molecule has 1 aromatic carbocycles. The van der Waals surface area contributed by atoms with Crippen molar-refractivity contribution in [1.29, 1.82) is 5.26 Å². The molecule has 2 N–H and O–H groups in total. The molecule has 0 aromatic heterocycles. The topological polar surface area (TPSA) is 59.0 Å². The van der Waals surface area contributed by atoms with E-state index >= 15 is 0 Å². The fourth-order valence-corrected chi connectivity index (χ4v) is 2.47. The summed E-state index contributed by atoms with van der Waals surface area (Å²) in [7, 11) is 0. The van der Waals surface area contributed by atoms with E-state index < -0.39 is 5.82 Å². The Kier molecular flexibility index (Phi) is 4.16. The fourth-order valence-electron chi connectivity index (χ4n) is 2.47. The smallest absolute Gasteiger partial charge is 0.144 e. The maximum Gasteiger partial charge on any atom is 0.144 e. The molecule has 2 atom stereocenters. The van der Waals surface area contributed by atoms with Gasteiger partial charge in [-0.25, -0.2) is 4.39 Å². The number of nitrogens with zero attached hydrogens (tertiary/aromatic N) is 1. The lowest BCUT2D eigenvalue weighted by Crippen LogP contribution is -2.35. The van der Waals surface area contributed by atoms with Gasteiger partial charge in [-0.15, -0.1) is 0 Å². The summed E-state index contributed by atoms with van der Waals surface area (Å²) in [6.07, 6.45) is 4.22. The summed E-state index contributed by atoms with van der Waals surface area (Å²) in [5.74, 6) is 0.103. The van der Waals surface area contributed by atoms with Crippen LogP contribution in [-0.2, 0) is 0 Å². The molecule has 1 aliphatic carbocycles. The van der Waals surface area contributed by atoms with Crippen LogP contribution in [0.4, 0.5) is 4.39 Å². The second-order valence-electron chi connectivity index (χ2n) is 4.66. The average molecular weight is 248 g/mol. The normalized spacial score (nSPS) is 23.4. The van der Waals surface area contributed by atoms with Gasteiger partial charge in [0.25, 0.3) is 0 Å². The highest BCUT2D eigenvalue weighted by Gasteiger charge is 2.26. The molecule has 2 rings (SSSR count). The number of hydrogen-bond acceptors (Lipinski definition) is 3. The Labute approximate surface area is 106 Å². The Balaban J connectivity index is 2.18. The zero-order chi connectivity index (χ0) is 13.0. The molecule has 2 unspecified atom stereocenters. The molecule has 0 amide bonds. The quantitative estimate of drug-likeness (QED) is 0.894. The number of benzene rings is 1. The minimum absolute atomic E-state index is 0.00218. The molecule has 18 heavy (non-hydrogen) atoms. The van der Waals surface area contributed by atoms with Gasteiger partial charge in [0.1, 0.15) is 29.3 Å².